The van der Waals surface area contributed by atoms with Crippen molar-refractivity contribution in [3.8, 4) is 0 Å². The number of rotatable bonds is 3. The van der Waals surface area contributed by atoms with Crippen molar-refractivity contribution >= 4 is 11.6 Å². The van der Waals surface area contributed by atoms with E-state index in [-0.39, 0.29) is 11.9 Å². The van der Waals surface area contributed by atoms with Gasteiger partial charge in [-0.3, -0.25) is 4.79 Å². The lowest BCUT2D eigenvalue weighted by Crippen LogP contribution is -2.34. The third kappa shape index (κ3) is 2.54. The number of hydrogen-bond donors (Lipinski definition) is 1. The molecule has 2 heterocycles. The zero-order valence-electron chi connectivity index (χ0n) is 11.4. The maximum Gasteiger partial charge on any atom is 0.253 e. The summed E-state index contributed by atoms with van der Waals surface area (Å²) in [6, 6.07) is 3.55. The number of nitrogens with zero attached hydrogens (tertiary/aromatic N) is 4. The Morgan fingerprint density at radius 1 is 1.40 bits per heavy atom. The first kappa shape index (κ1) is 12.8. The van der Waals surface area contributed by atoms with Crippen LogP contribution in [-0.4, -0.2) is 32.0 Å². The molecule has 0 saturated heterocycles. The molecule has 0 fully saturated rings. The predicted molar refractivity (Wildman–Crippen MR) is 74.3 cm³/mol. The number of allylic oxidation sites excluding steroid dienone is 1. The fraction of sp³-hybridized carbons (Fsp3) is 0.429. The smallest absolute Gasteiger partial charge is 0.253 e. The summed E-state index contributed by atoms with van der Waals surface area (Å²) < 4.78 is 1.50. The van der Waals surface area contributed by atoms with E-state index in [0.29, 0.717) is 11.2 Å². The fourth-order valence-electron chi connectivity index (χ4n) is 2.50. The summed E-state index contributed by atoms with van der Waals surface area (Å²) in [4.78, 5) is 12.2. The minimum Gasteiger partial charge on any atom is -0.346 e. The highest BCUT2D eigenvalue weighted by Crippen LogP contribution is 2.20. The van der Waals surface area contributed by atoms with Crippen molar-refractivity contribution in [2.24, 2.45) is 0 Å². The summed E-state index contributed by atoms with van der Waals surface area (Å²) in [7, 11) is 0. The molecule has 0 radical (unpaired) electrons. The van der Waals surface area contributed by atoms with Crippen LogP contribution in [0.3, 0.4) is 0 Å². The van der Waals surface area contributed by atoms with Gasteiger partial charge in [0.15, 0.2) is 5.65 Å². The average molecular weight is 271 g/mol. The minimum atomic E-state index is -0.0960. The first-order valence-electron chi connectivity index (χ1n) is 6.91. The molecule has 0 aromatic carbocycles. The molecule has 1 N–H and O–H groups in total. The van der Waals surface area contributed by atoms with E-state index < -0.39 is 0 Å². The lowest BCUT2D eigenvalue weighted by molar-refractivity contribution is 0.0944. The van der Waals surface area contributed by atoms with Crippen molar-refractivity contribution in [3.05, 3.63) is 35.5 Å². The van der Waals surface area contributed by atoms with Gasteiger partial charge in [0, 0.05) is 12.2 Å². The van der Waals surface area contributed by atoms with Gasteiger partial charge in [0.1, 0.15) is 0 Å². The van der Waals surface area contributed by atoms with Gasteiger partial charge in [0.2, 0.25) is 0 Å². The highest BCUT2D eigenvalue weighted by Gasteiger charge is 2.15. The van der Waals surface area contributed by atoms with Crippen molar-refractivity contribution in [2.45, 2.75) is 38.6 Å². The first-order valence-corrected chi connectivity index (χ1v) is 6.91. The van der Waals surface area contributed by atoms with Crippen LogP contribution < -0.4 is 5.32 Å². The van der Waals surface area contributed by atoms with Crippen LogP contribution in [0.4, 0.5) is 0 Å². The Balaban J connectivity index is 1.73. The van der Waals surface area contributed by atoms with Gasteiger partial charge in [-0.25, -0.2) is 0 Å². The second-order valence-corrected chi connectivity index (χ2v) is 5.12. The van der Waals surface area contributed by atoms with Crippen LogP contribution in [0.1, 0.15) is 43.0 Å². The minimum absolute atomic E-state index is 0.0763. The Labute approximate surface area is 116 Å². The number of hydrogen-bond acceptors (Lipinski definition) is 4. The molecular formula is C14H17N5O. The zero-order valence-corrected chi connectivity index (χ0v) is 11.4. The van der Waals surface area contributed by atoms with Crippen LogP contribution in [0, 0.1) is 0 Å². The molecule has 1 amide bonds. The van der Waals surface area contributed by atoms with Crippen molar-refractivity contribution in [2.75, 3.05) is 0 Å². The van der Waals surface area contributed by atoms with E-state index in [1.165, 1.54) is 22.9 Å². The highest BCUT2D eigenvalue weighted by molar-refractivity contribution is 5.94. The molecule has 6 heteroatoms. The third-order valence-electron chi connectivity index (χ3n) is 3.68. The Bertz CT molecular complexity index is 660. The van der Waals surface area contributed by atoms with E-state index in [2.05, 4.69) is 26.9 Å². The summed E-state index contributed by atoms with van der Waals surface area (Å²) in [5, 5.41) is 14.2. The number of amides is 1. The van der Waals surface area contributed by atoms with Crippen LogP contribution >= 0.6 is 0 Å². The third-order valence-corrected chi connectivity index (χ3v) is 3.68. The summed E-state index contributed by atoms with van der Waals surface area (Å²) in [6.45, 7) is 2.03. The molecule has 0 aliphatic heterocycles. The number of carbonyl (C=O) groups is 1. The van der Waals surface area contributed by atoms with E-state index in [1.807, 2.05) is 6.92 Å². The SMILES string of the molecule is CC(NC(=O)c1ccc2nnnn2c1)C1=CCCCC1. The summed E-state index contributed by atoms with van der Waals surface area (Å²) >= 11 is 0. The normalized spacial score (nSPS) is 16.8. The quantitative estimate of drug-likeness (QED) is 0.863. The molecule has 2 aromatic heterocycles. The molecule has 6 nitrogen and oxygen atoms in total. The van der Waals surface area contributed by atoms with E-state index in [1.54, 1.807) is 18.3 Å². The van der Waals surface area contributed by atoms with Crippen LogP contribution in [0.2, 0.25) is 0 Å². The Morgan fingerprint density at radius 2 is 2.30 bits per heavy atom. The lowest BCUT2D eigenvalue weighted by atomic mass is 9.94. The molecule has 1 aliphatic carbocycles. The molecule has 20 heavy (non-hydrogen) atoms. The Morgan fingerprint density at radius 3 is 3.10 bits per heavy atom. The summed E-state index contributed by atoms with van der Waals surface area (Å²) in [6.07, 6.45) is 8.55. The topological polar surface area (TPSA) is 72.2 Å². The summed E-state index contributed by atoms with van der Waals surface area (Å²) in [5.41, 5.74) is 2.52. The van der Waals surface area contributed by atoms with Gasteiger partial charge in [-0.2, -0.15) is 4.52 Å². The first-order chi connectivity index (χ1) is 9.74. The molecule has 1 aliphatic rings. The van der Waals surface area contributed by atoms with Gasteiger partial charge in [-0.05, 0) is 55.2 Å². The van der Waals surface area contributed by atoms with Gasteiger partial charge >= 0.3 is 0 Å². The van der Waals surface area contributed by atoms with Crippen LogP contribution in [-0.2, 0) is 0 Å². The molecule has 0 bridgehead atoms. The molecule has 2 aromatic rings. The molecular weight excluding hydrogens is 254 g/mol. The maximum atomic E-state index is 12.2. The average Bonchev–Trinajstić information content (AvgIpc) is 2.95. The van der Waals surface area contributed by atoms with Crippen LogP contribution in [0.25, 0.3) is 5.65 Å². The van der Waals surface area contributed by atoms with Gasteiger partial charge in [0.05, 0.1) is 5.56 Å². The van der Waals surface area contributed by atoms with Crippen LogP contribution in [0.5, 0.6) is 0 Å². The molecule has 0 saturated carbocycles. The molecule has 1 atom stereocenters. The van der Waals surface area contributed by atoms with Gasteiger partial charge in [0.25, 0.3) is 5.91 Å². The number of fused-ring (bicyclic) bond motifs is 1. The van der Waals surface area contributed by atoms with Gasteiger partial charge in [-0.15, -0.1) is 5.10 Å². The lowest BCUT2D eigenvalue weighted by Gasteiger charge is -2.20. The highest BCUT2D eigenvalue weighted by atomic mass is 16.1. The molecule has 104 valence electrons. The monoisotopic (exact) mass is 271 g/mol. The van der Waals surface area contributed by atoms with Crippen molar-refractivity contribution in [1.82, 2.24) is 25.4 Å². The molecule has 1 unspecified atom stereocenters. The van der Waals surface area contributed by atoms with Crippen molar-refractivity contribution in [3.63, 3.8) is 0 Å². The largest absolute Gasteiger partial charge is 0.346 e. The summed E-state index contributed by atoms with van der Waals surface area (Å²) in [5.74, 6) is -0.0960. The number of nitrogens with one attached hydrogen (secondary N) is 1. The van der Waals surface area contributed by atoms with E-state index in [9.17, 15) is 4.79 Å². The number of pyridine rings is 1. The maximum absolute atomic E-state index is 12.2. The Hall–Kier alpha value is -2.24. The Kier molecular flexibility index (Phi) is 3.45. The second kappa shape index (κ2) is 5.40. The van der Waals surface area contributed by atoms with Crippen LogP contribution in [0.15, 0.2) is 30.0 Å². The van der Waals surface area contributed by atoms with E-state index >= 15 is 0 Å². The van der Waals surface area contributed by atoms with Gasteiger partial charge < -0.3 is 5.32 Å². The zero-order chi connectivity index (χ0) is 13.9. The van der Waals surface area contributed by atoms with E-state index in [4.69, 9.17) is 0 Å². The fourth-order valence-corrected chi connectivity index (χ4v) is 2.50. The number of tetrazole rings is 1. The predicted octanol–water partition coefficient (Wildman–Crippen LogP) is 1.74. The van der Waals surface area contributed by atoms with Crippen molar-refractivity contribution in [1.29, 1.82) is 0 Å². The second-order valence-electron chi connectivity index (χ2n) is 5.12. The van der Waals surface area contributed by atoms with Gasteiger partial charge in [-0.1, -0.05) is 11.6 Å². The molecule has 3 rings (SSSR count). The standard InChI is InChI=1S/C14H17N5O/c1-10(11-5-3-2-4-6-11)15-14(20)12-7-8-13-16-17-18-19(13)9-12/h5,7-10H,2-4,6H2,1H3,(H,15,20). The van der Waals surface area contributed by atoms with Crippen molar-refractivity contribution < 1.29 is 4.79 Å². The molecule has 0 spiro atoms. The number of aromatic nitrogens is 4. The number of carbonyl (C=O) groups excluding carboxylic acids is 1. The van der Waals surface area contributed by atoms with E-state index in [0.717, 1.165) is 12.8 Å².